The Morgan fingerprint density at radius 1 is 1.22 bits per heavy atom. The zero-order valence-electron chi connectivity index (χ0n) is 14.7. The van der Waals surface area contributed by atoms with Gasteiger partial charge in [-0.2, -0.15) is 0 Å². The molecule has 1 aliphatic heterocycles. The van der Waals surface area contributed by atoms with Gasteiger partial charge in [0.2, 0.25) is 0 Å². The number of rotatable bonds is 7. The number of nitrogens with zero attached hydrogens (tertiary/aromatic N) is 1. The van der Waals surface area contributed by atoms with Crippen LogP contribution in [0.3, 0.4) is 0 Å². The number of hydrogen-bond acceptors (Lipinski definition) is 4. The molecule has 0 saturated carbocycles. The van der Waals surface area contributed by atoms with E-state index in [1.165, 1.54) is 0 Å². The summed E-state index contributed by atoms with van der Waals surface area (Å²) in [7, 11) is 1.68. The molecule has 1 heterocycles. The Hall–Kier alpha value is -1.52. The van der Waals surface area contributed by atoms with Gasteiger partial charge in [0.25, 0.3) is 0 Å². The van der Waals surface area contributed by atoms with E-state index in [1.54, 1.807) is 7.11 Å². The van der Waals surface area contributed by atoms with Gasteiger partial charge in [-0.25, -0.2) is 0 Å². The highest BCUT2D eigenvalue weighted by Gasteiger charge is 2.21. The molecule has 1 saturated heterocycles. The van der Waals surface area contributed by atoms with Crippen molar-refractivity contribution in [2.24, 2.45) is 0 Å². The molecule has 0 radical (unpaired) electrons. The quantitative estimate of drug-likeness (QED) is 0.719. The zero-order valence-corrected chi connectivity index (χ0v) is 14.7. The standard InChI is InChI=1S/C19H29NO3/c1-5-7-17-8-9-18(19(12-17)21-4)22-11-6-10-20-13-15(2)23-16(3)14-20/h5,7-9,12,15-16H,6,10-11,13-14H2,1-4H3/b7-5+/t15-,16-/m0/s1. The number of morpholine rings is 1. The lowest BCUT2D eigenvalue weighted by Gasteiger charge is -2.35. The van der Waals surface area contributed by atoms with Crippen molar-refractivity contribution in [3.63, 3.8) is 0 Å². The van der Waals surface area contributed by atoms with Crippen LogP contribution in [0.15, 0.2) is 24.3 Å². The molecule has 23 heavy (non-hydrogen) atoms. The van der Waals surface area contributed by atoms with Crippen LogP contribution in [0.4, 0.5) is 0 Å². The summed E-state index contributed by atoms with van der Waals surface area (Å²) in [5.74, 6) is 1.60. The zero-order chi connectivity index (χ0) is 16.7. The van der Waals surface area contributed by atoms with Gasteiger partial charge in [-0.05, 0) is 44.9 Å². The van der Waals surface area contributed by atoms with Gasteiger partial charge in [0, 0.05) is 19.6 Å². The lowest BCUT2D eigenvalue weighted by atomic mass is 10.2. The van der Waals surface area contributed by atoms with Crippen LogP contribution in [0.2, 0.25) is 0 Å². The third kappa shape index (κ3) is 5.56. The Morgan fingerprint density at radius 3 is 2.61 bits per heavy atom. The molecule has 0 amide bonds. The van der Waals surface area contributed by atoms with Crippen LogP contribution in [0.25, 0.3) is 6.08 Å². The average molecular weight is 319 g/mol. The number of methoxy groups -OCH3 is 1. The molecule has 2 atom stereocenters. The monoisotopic (exact) mass is 319 g/mol. The van der Waals surface area contributed by atoms with E-state index < -0.39 is 0 Å². The van der Waals surface area contributed by atoms with Gasteiger partial charge in [0.05, 0.1) is 25.9 Å². The molecule has 2 rings (SSSR count). The highest BCUT2D eigenvalue weighted by molar-refractivity contribution is 5.55. The summed E-state index contributed by atoms with van der Waals surface area (Å²) in [4.78, 5) is 2.45. The first-order chi connectivity index (χ1) is 11.1. The Balaban J connectivity index is 1.79. The minimum absolute atomic E-state index is 0.318. The fourth-order valence-electron chi connectivity index (χ4n) is 3.04. The molecule has 0 aromatic heterocycles. The Bertz CT molecular complexity index is 505. The third-order valence-electron chi connectivity index (χ3n) is 3.92. The number of allylic oxidation sites excluding steroid dienone is 1. The van der Waals surface area contributed by atoms with Crippen LogP contribution < -0.4 is 9.47 Å². The van der Waals surface area contributed by atoms with E-state index in [9.17, 15) is 0 Å². The van der Waals surface area contributed by atoms with Crippen LogP contribution in [0.1, 0.15) is 32.8 Å². The van der Waals surface area contributed by atoms with Crippen LogP contribution in [-0.4, -0.2) is 50.5 Å². The molecule has 4 nitrogen and oxygen atoms in total. The van der Waals surface area contributed by atoms with Crippen LogP contribution in [0.5, 0.6) is 11.5 Å². The van der Waals surface area contributed by atoms with Crippen LogP contribution >= 0.6 is 0 Å². The fourth-order valence-corrected chi connectivity index (χ4v) is 3.04. The van der Waals surface area contributed by atoms with Crippen molar-refractivity contribution < 1.29 is 14.2 Å². The lowest BCUT2D eigenvalue weighted by molar-refractivity contribution is -0.0686. The van der Waals surface area contributed by atoms with Gasteiger partial charge in [-0.1, -0.05) is 18.2 Å². The molecule has 0 spiro atoms. The van der Waals surface area contributed by atoms with E-state index in [4.69, 9.17) is 14.2 Å². The Kier molecular flexibility index (Phi) is 6.93. The van der Waals surface area contributed by atoms with Crippen molar-refractivity contribution in [1.82, 2.24) is 4.90 Å². The lowest BCUT2D eigenvalue weighted by Crippen LogP contribution is -2.45. The molecule has 0 bridgehead atoms. The molecule has 1 fully saturated rings. The molecule has 4 heteroatoms. The molecular weight excluding hydrogens is 290 g/mol. The van der Waals surface area contributed by atoms with Crippen molar-refractivity contribution in [2.45, 2.75) is 39.4 Å². The second-order valence-electron chi connectivity index (χ2n) is 6.13. The van der Waals surface area contributed by atoms with Crippen molar-refractivity contribution in [3.05, 3.63) is 29.8 Å². The minimum Gasteiger partial charge on any atom is -0.493 e. The molecule has 1 aromatic carbocycles. The first kappa shape index (κ1) is 17.8. The van der Waals surface area contributed by atoms with Crippen molar-refractivity contribution >= 4 is 6.08 Å². The molecule has 0 unspecified atom stereocenters. The summed E-state index contributed by atoms with van der Waals surface area (Å²) in [6.07, 6.45) is 5.70. The van der Waals surface area contributed by atoms with Gasteiger partial charge < -0.3 is 14.2 Å². The topological polar surface area (TPSA) is 30.9 Å². The summed E-state index contributed by atoms with van der Waals surface area (Å²) >= 11 is 0. The Morgan fingerprint density at radius 2 is 1.96 bits per heavy atom. The molecular formula is C19H29NO3. The molecule has 1 aliphatic rings. The Labute approximate surface area is 140 Å². The highest BCUT2D eigenvalue weighted by Crippen LogP contribution is 2.28. The van der Waals surface area contributed by atoms with Crippen molar-refractivity contribution in [1.29, 1.82) is 0 Å². The maximum Gasteiger partial charge on any atom is 0.161 e. The number of hydrogen-bond donors (Lipinski definition) is 0. The summed E-state index contributed by atoms with van der Waals surface area (Å²) in [5, 5.41) is 0. The van der Waals surface area contributed by atoms with Crippen molar-refractivity contribution in [3.8, 4) is 11.5 Å². The first-order valence-electron chi connectivity index (χ1n) is 8.43. The van der Waals surface area contributed by atoms with Gasteiger partial charge in [-0.3, -0.25) is 4.90 Å². The van der Waals surface area contributed by atoms with E-state index in [0.29, 0.717) is 18.8 Å². The van der Waals surface area contributed by atoms with Crippen molar-refractivity contribution in [2.75, 3.05) is 33.4 Å². The number of ether oxygens (including phenoxy) is 3. The maximum absolute atomic E-state index is 5.90. The smallest absolute Gasteiger partial charge is 0.161 e. The molecule has 1 aromatic rings. The normalized spacial score (nSPS) is 22.4. The van der Waals surface area contributed by atoms with Crippen LogP contribution in [0, 0.1) is 0 Å². The average Bonchev–Trinajstić information content (AvgIpc) is 2.52. The highest BCUT2D eigenvalue weighted by atomic mass is 16.5. The van der Waals surface area contributed by atoms with Gasteiger partial charge in [-0.15, -0.1) is 0 Å². The van der Waals surface area contributed by atoms with Gasteiger partial charge >= 0.3 is 0 Å². The summed E-state index contributed by atoms with van der Waals surface area (Å²) < 4.78 is 17.1. The minimum atomic E-state index is 0.318. The van der Waals surface area contributed by atoms with Gasteiger partial charge in [0.1, 0.15) is 0 Å². The van der Waals surface area contributed by atoms with E-state index in [0.717, 1.165) is 43.1 Å². The molecule has 128 valence electrons. The maximum atomic E-state index is 5.90. The third-order valence-corrected chi connectivity index (χ3v) is 3.92. The largest absolute Gasteiger partial charge is 0.493 e. The molecule has 0 N–H and O–H groups in total. The van der Waals surface area contributed by atoms with E-state index in [1.807, 2.05) is 37.3 Å². The van der Waals surface area contributed by atoms with Gasteiger partial charge in [0.15, 0.2) is 11.5 Å². The van der Waals surface area contributed by atoms with E-state index >= 15 is 0 Å². The molecule has 0 aliphatic carbocycles. The second kappa shape index (κ2) is 8.94. The second-order valence-corrected chi connectivity index (χ2v) is 6.13. The SMILES string of the molecule is C/C=C/c1ccc(OCCCN2C[C@H](C)O[C@@H](C)C2)c(OC)c1. The van der Waals surface area contributed by atoms with E-state index in [-0.39, 0.29) is 0 Å². The number of benzene rings is 1. The summed E-state index contributed by atoms with van der Waals surface area (Å²) in [6.45, 7) is 10.0. The predicted octanol–water partition coefficient (Wildman–Crippen LogP) is 3.61. The first-order valence-corrected chi connectivity index (χ1v) is 8.43. The predicted molar refractivity (Wildman–Crippen MR) is 94.3 cm³/mol. The summed E-state index contributed by atoms with van der Waals surface area (Å²) in [5.41, 5.74) is 1.12. The summed E-state index contributed by atoms with van der Waals surface area (Å²) in [6, 6.07) is 6.02. The van der Waals surface area contributed by atoms with Crippen LogP contribution in [-0.2, 0) is 4.74 Å². The fraction of sp³-hybridized carbons (Fsp3) is 0.579. The van der Waals surface area contributed by atoms with E-state index in [2.05, 4.69) is 18.7 Å².